The van der Waals surface area contributed by atoms with Gasteiger partial charge in [-0.05, 0) is 28.4 Å². The van der Waals surface area contributed by atoms with E-state index >= 15 is 0 Å². The quantitative estimate of drug-likeness (QED) is 0.344. The minimum absolute atomic E-state index is 0.0565. The smallest absolute Gasteiger partial charge is 0.245 e. The third-order valence-corrected chi connectivity index (χ3v) is 4.50. The standard InChI is InChI=1S/C10H15BrN4O3S/c1-2-3-15(7-10(12)14-16)19(17,18)9-4-8(11)5-13-6-9/h4-6,16H,2-3,7H2,1H3,(H2,12,14). The molecule has 3 N–H and O–H groups in total. The molecule has 0 aliphatic rings. The molecule has 19 heavy (non-hydrogen) atoms. The number of nitrogens with two attached hydrogens (primary N) is 1. The highest BCUT2D eigenvalue weighted by Crippen LogP contribution is 2.18. The zero-order valence-electron chi connectivity index (χ0n) is 10.3. The van der Waals surface area contributed by atoms with Crippen molar-refractivity contribution < 1.29 is 13.6 Å². The normalized spacial score (nSPS) is 12.9. The van der Waals surface area contributed by atoms with Crippen LogP contribution in [0.3, 0.4) is 0 Å². The first-order valence-corrected chi connectivity index (χ1v) is 7.72. The number of amidine groups is 1. The van der Waals surface area contributed by atoms with Gasteiger partial charge in [-0.3, -0.25) is 4.98 Å². The van der Waals surface area contributed by atoms with Crippen LogP contribution in [0.15, 0.2) is 33.0 Å². The molecule has 0 spiro atoms. The molecule has 0 fully saturated rings. The fourth-order valence-corrected chi connectivity index (χ4v) is 3.44. The van der Waals surface area contributed by atoms with Gasteiger partial charge < -0.3 is 10.9 Å². The van der Waals surface area contributed by atoms with Gasteiger partial charge in [-0.1, -0.05) is 12.1 Å². The number of oxime groups is 1. The van der Waals surface area contributed by atoms with Crippen LogP contribution in [0.4, 0.5) is 0 Å². The molecule has 0 atom stereocenters. The van der Waals surface area contributed by atoms with E-state index in [4.69, 9.17) is 10.9 Å². The molecule has 1 aromatic heterocycles. The molecule has 0 aromatic carbocycles. The van der Waals surface area contributed by atoms with Gasteiger partial charge in [0.05, 0.1) is 6.54 Å². The van der Waals surface area contributed by atoms with Crippen molar-refractivity contribution in [2.75, 3.05) is 13.1 Å². The van der Waals surface area contributed by atoms with Gasteiger partial charge in [-0.25, -0.2) is 8.42 Å². The van der Waals surface area contributed by atoms with Crippen LogP contribution in [0.1, 0.15) is 13.3 Å². The van der Waals surface area contributed by atoms with Crippen molar-refractivity contribution in [3.63, 3.8) is 0 Å². The van der Waals surface area contributed by atoms with E-state index in [9.17, 15) is 8.42 Å². The molecule has 0 amide bonds. The van der Waals surface area contributed by atoms with E-state index in [1.54, 1.807) is 0 Å². The number of halogens is 1. The largest absolute Gasteiger partial charge is 0.409 e. The van der Waals surface area contributed by atoms with Crippen LogP contribution in [0.5, 0.6) is 0 Å². The summed E-state index contributed by atoms with van der Waals surface area (Å²) in [5.41, 5.74) is 5.38. The molecule has 1 rings (SSSR count). The molecule has 0 saturated carbocycles. The summed E-state index contributed by atoms with van der Waals surface area (Å²) >= 11 is 3.17. The number of sulfonamides is 1. The SMILES string of the molecule is CCCN(CC(N)=NO)S(=O)(=O)c1cncc(Br)c1. The average Bonchev–Trinajstić information content (AvgIpc) is 2.38. The van der Waals surface area contributed by atoms with Gasteiger partial charge >= 0.3 is 0 Å². The molecule has 0 aliphatic heterocycles. The Balaban J connectivity index is 3.12. The summed E-state index contributed by atoms with van der Waals surface area (Å²) in [6, 6.07) is 1.46. The van der Waals surface area contributed by atoms with Gasteiger partial charge in [0.15, 0.2) is 5.84 Å². The van der Waals surface area contributed by atoms with Crippen molar-refractivity contribution in [2.24, 2.45) is 10.9 Å². The van der Waals surface area contributed by atoms with Gasteiger partial charge in [-0.2, -0.15) is 4.31 Å². The maximum atomic E-state index is 12.4. The second kappa shape index (κ2) is 6.83. The fraction of sp³-hybridized carbons (Fsp3) is 0.400. The molecule has 9 heteroatoms. The van der Waals surface area contributed by atoms with Crippen LogP contribution < -0.4 is 5.73 Å². The van der Waals surface area contributed by atoms with Crippen LogP contribution in [0.25, 0.3) is 0 Å². The summed E-state index contributed by atoms with van der Waals surface area (Å²) in [5, 5.41) is 11.4. The molecule has 106 valence electrons. The Bertz CT molecular complexity index is 562. The van der Waals surface area contributed by atoms with Crippen LogP contribution in [0.2, 0.25) is 0 Å². The number of hydrogen-bond donors (Lipinski definition) is 2. The number of aromatic nitrogens is 1. The van der Waals surface area contributed by atoms with E-state index in [1.165, 1.54) is 18.5 Å². The van der Waals surface area contributed by atoms with Crippen molar-refractivity contribution in [2.45, 2.75) is 18.2 Å². The van der Waals surface area contributed by atoms with Gasteiger partial charge in [0, 0.05) is 23.4 Å². The number of hydrogen-bond acceptors (Lipinski definition) is 5. The summed E-state index contributed by atoms with van der Waals surface area (Å²) < 4.78 is 26.5. The monoisotopic (exact) mass is 350 g/mol. The Labute approximate surface area is 120 Å². The van der Waals surface area contributed by atoms with E-state index in [2.05, 4.69) is 26.1 Å². The summed E-state index contributed by atoms with van der Waals surface area (Å²) in [4.78, 5) is 3.89. The van der Waals surface area contributed by atoms with E-state index in [0.29, 0.717) is 10.9 Å². The molecule has 1 aromatic rings. The van der Waals surface area contributed by atoms with E-state index in [0.717, 1.165) is 4.31 Å². The minimum atomic E-state index is -3.72. The van der Waals surface area contributed by atoms with Gasteiger partial charge in [-0.15, -0.1) is 0 Å². The van der Waals surface area contributed by atoms with Crippen molar-refractivity contribution in [1.82, 2.24) is 9.29 Å². The first kappa shape index (κ1) is 15.9. The topological polar surface area (TPSA) is 109 Å². The van der Waals surface area contributed by atoms with E-state index in [-0.39, 0.29) is 23.8 Å². The Kier molecular flexibility index (Phi) is 5.70. The molecule has 1 heterocycles. The van der Waals surface area contributed by atoms with E-state index in [1.807, 2.05) is 6.92 Å². The number of pyridine rings is 1. The van der Waals surface area contributed by atoms with Crippen LogP contribution >= 0.6 is 15.9 Å². The van der Waals surface area contributed by atoms with Crippen molar-refractivity contribution in [3.05, 3.63) is 22.9 Å². The Morgan fingerprint density at radius 1 is 1.58 bits per heavy atom. The zero-order valence-corrected chi connectivity index (χ0v) is 12.7. The summed E-state index contributed by atoms with van der Waals surface area (Å²) in [6.45, 7) is 1.94. The lowest BCUT2D eigenvalue weighted by Gasteiger charge is -2.20. The fourth-order valence-electron chi connectivity index (χ4n) is 1.43. The Morgan fingerprint density at radius 2 is 2.26 bits per heavy atom. The highest BCUT2D eigenvalue weighted by Gasteiger charge is 2.25. The lowest BCUT2D eigenvalue weighted by molar-refractivity contribution is 0.314. The average molecular weight is 351 g/mol. The molecule has 0 saturated heterocycles. The third-order valence-electron chi connectivity index (χ3n) is 2.26. The maximum absolute atomic E-state index is 12.4. The predicted molar refractivity (Wildman–Crippen MR) is 74.4 cm³/mol. The Hall–Kier alpha value is -1.19. The molecule has 7 nitrogen and oxygen atoms in total. The maximum Gasteiger partial charge on any atom is 0.245 e. The van der Waals surface area contributed by atoms with Gasteiger partial charge in [0.2, 0.25) is 10.0 Å². The lowest BCUT2D eigenvalue weighted by Crippen LogP contribution is -2.39. The third kappa shape index (κ3) is 4.15. The van der Waals surface area contributed by atoms with Crippen molar-refractivity contribution >= 4 is 31.8 Å². The van der Waals surface area contributed by atoms with Crippen molar-refractivity contribution in [1.29, 1.82) is 0 Å². The summed E-state index contributed by atoms with van der Waals surface area (Å²) in [5.74, 6) is -0.167. The molecule has 0 bridgehead atoms. The molecule has 0 aliphatic carbocycles. The molecular formula is C10H15BrN4O3S. The zero-order chi connectivity index (χ0) is 14.5. The summed E-state index contributed by atoms with van der Waals surface area (Å²) in [6.07, 6.45) is 3.36. The first-order valence-electron chi connectivity index (χ1n) is 5.49. The first-order chi connectivity index (χ1) is 8.91. The van der Waals surface area contributed by atoms with E-state index < -0.39 is 10.0 Å². The highest BCUT2D eigenvalue weighted by atomic mass is 79.9. The minimum Gasteiger partial charge on any atom is -0.409 e. The number of nitrogens with zero attached hydrogens (tertiary/aromatic N) is 3. The second-order valence-electron chi connectivity index (χ2n) is 3.77. The second-order valence-corrected chi connectivity index (χ2v) is 6.62. The molecular weight excluding hydrogens is 336 g/mol. The summed E-state index contributed by atoms with van der Waals surface area (Å²) in [7, 11) is -3.72. The van der Waals surface area contributed by atoms with Crippen LogP contribution in [-0.4, -0.2) is 41.8 Å². The van der Waals surface area contributed by atoms with Crippen LogP contribution in [0, 0.1) is 0 Å². The van der Waals surface area contributed by atoms with Crippen molar-refractivity contribution in [3.8, 4) is 0 Å². The predicted octanol–water partition coefficient (Wildman–Crippen LogP) is 0.991. The Morgan fingerprint density at radius 3 is 2.79 bits per heavy atom. The lowest BCUT2D eigenvalue weighted by atomic mass is 10.4. The molecule has 0 unspecified atom stereocenters. The van der Waals surface area contributed by atoms with Gasteiger partial charge in [0.1, 0.15) is 4.90 Å². The molecule has 0 radical (unpaired) electrons. The van der Waals surface area contributed by atoms with Crippen LogP contribution in [-0.2, 0) is 10.0 Å². The number of rotatable bonds is 6. The van der Waals surface area contributed by atoms with Gasteiger partial charge in [0.25, 0.3) is 0 Å². The highest BCUT2D eigenvalue weighted by molar-refractivity contribution is 9.10.